The highest BCUT2D eigenvalue weighted by atomic mass is 32.2. The molecule has 0 saturated carbocycles. The summed E-state index contributed by atoms with van der Waals surface area (Å²) in [6, 6.07) is 5.01. The second kappa shape index (κ2) is 7.06. The Morgan fingerprint density at radius 3 is 2.71 bits per heavy atom. The molecule has 1 saturated heterocycles. The zero-order valence-corrected chi connectivity index (χ0v) is 14.8. The summed E-state index contributed by atoms with van der Waals surface area (Å²) in [7, 11) is -3.49. The fraction of sp³-hybridized carbons (Fsp3) is 0.400. The third kappa shape index (κ3) is 3.54. The Labute approximate surface area is 144 Å². The summed E-state index contributed by atoms with van der Waals surface area (Å²) >= 11 is 1.16. The van der Waals surface area contributed by atoms with Gasteiger partial charge in [-0.3, -0.25) is 4.79 Å². The Balaban J connectivity index is 1.65. The zero-order valence-electron chi connectivity index (χ0n) is 13.1. The molecule has 0 atom stereocenters. The lowest BCUT2D eigenvalue weighted by Crippen LogP contribution is -2.40. The molecule has 3 rings (SSSR count). The van der Waals surface area contributed by atoms with Gasteiger partial charge >= 0.3 is 0 Å². The van der Waals surface area contributed by atoms with Crippen molar-refractivity contribution in [3.8, 4) is 0 Å². The fourth-order valence-corrected chi connectivity index (χ4v) is 5.22. The van der Waals surface area contributed by atoms with Crippen LogP contribution in [0.1, 0.15) is 21.0 Å². The molecule has 3 heterocycles. The molecular formula is C15H18N2O5S2. The summed E-state index contributed by atoms with van der Waals surface area (Å²) in [6.07, 6.45) is 1.46. The van der Waals surface area contributed by atoms with Gasteiger partial charge in [0.2, 0.25) is 0 Å². The van der Waals surface area contributed by atoms with Crippen molar-refractivity contribution in [3.63, 3.8) is 0 Å². The first kappa shape index (κ1) is 17.2. The maximum Gasteiger partial charge on any atom is 0.287 e. The van der Waals surface area contributed by atoms with Gasteiger partial charge < -0.3 is 14.5 Å². The van der Waals surface area contributed by atoms with E-state index in [1.165, 1.54) is 10.6 Å². The van der Waals surface area contributed by atoms with E-state index in [4.69, 9.17) is 9.15 Å². The number of furan rings is 1. The summed E-state index contributed by atoms with van der Waals surface area (Å²) in [6.45, 7) is 3.60. The van der Waals surface area contributed by atoms with E-state index in [0.717, 1.165) is 21.8 Å². The molecule has 7 nitrogen and oxygen atoms in total. The van der Waals surface area contributed by atoms with Gasteiger partial charge in [0.25, 0.3) is 15.9 Å². The number of nitrogens with zero attached hydrogens (tertiary/aromatic N) is 1. The number of amides is 1. The van der Waals surface area contributed by atoms with Crippen molar-refractivity contribution in [3.05, 3.63) is 40.7 Å². The van der Waals surface area contributed by atoms with Crippen LogP contribution in [0.5, 0.6) is 0 Å². The molecular weight excluding hydrogens is 352 g/mol. The molecule has 9 heteroatoms. The molecule has 0 aliphatic carbocycles. The number of morpholine rings is 1. The van der Waals surface area contributed by atoms with Crippen molar-refractivity contribution in [2.24, 2.45) is 0 Å². The van der Waals surface area contributed by atoms with Gasteiger partial charge in [-0.1, -0.05) is 0 Å². The third-order valence-corrected chi connectivity index (χ3v) is 7.14. The molecule has 1 amide bonds. The van der Waals surface area contributed by atoms with Gasteiger partial charge in [0.15, 0.2) is 5.76 Å². The van der Waals surface area contributed by atoms with Crippen LogP contribution in [0.2, 0.25) is 0 Å². The van der Waals surface area contributed by atoms with Gasteiger partial charge in [-0.05, 0) is 25.1 Å². The van der Waals surface area contributed by atoms with Crippen molar-refractivity contribution >= 4 is 27.3 Å². The highest BCUT2D eigenvalue weighted by molar-refractivity contribution is 7.91. The molecule has 24 heavy (non-hydrogen) atoms. The largest absolute Gasteiger partial charge is 0.459 e. The summed E-state index contributed by atoms with van der Waals surface area (Å²) in [5.41, 5.74) is 0.759. The minimum absolute atomic E-state index is 0.252. The second-order valence-corrected chi connectivity index (χ2v) is 8.69. The van der Waals surface area contributed by atoms with Gasteiger partial charge in [-0.25, -0.2) is 8.42 Å². The van der Waals surface area contributed by atoms with Crippen LogP contribution in [0, 0.1) is 6.92 Å². The topological polar surface area (TPSA) is 88.8 Å². The predicted octanol–water partition coefficient (Wildman–Crippen LogP) is 1.60. The molecule has 0 aromatic carbocycles. The monoisotopic (exact) mass is 370 g/mol. The van der Waals surface area contributed by atoms with Crippen LogP contribution in [-0.4, -0.2) is 44.9 Å². The average molecular weight is 370 g/mol. The zero-order chi connectivity index (χ0) is 17.2. The van der Waals surface area contributed by atoms with Crippen LogP contribution in [-0.2, 0) is 21.3 Å². The number of hydrogen-bond donors (Lipinski definition) is 1. The van der Waals surface area contributed by atoms with E-state index in [-0.39, 0.29) is 22.4 Å². The lowest BCUT2D eigenvalue weighted by molar-refractivity contribution is 0.0731. The highest BCUT2D eigenvalue weighted by Crippen LogP contribution is 2.25. The molecule has 1 fully saturated rings. The molecule has 0 radical (unpaired) electrons. The number of ether oxygens (including phenoxy) is 1. The maximum absolute atomic E-state index is 12.5. The number of nitrogens with one attached hydrogen (secondary N) is 1. The molecule has 0 bridgehead atoms. The van der Waals surface area contributed by atoms with Gasteiger partial charge in [0.1, 0.15) is 4.21 Å². The van der Waals surface area contributed by atoms with Crippen molar-refractivity contribution in [1.82, 2.24) is 9.62 Å². The van der Waals surface area contributed by atoms with E-state index in [2.05, 4.69) is 5.32 Å². The van der Waals surface area contributed by atoms with Crippen LogP contribution in [0.15, 0.2) is 33.1 Å². The molecule has 1 N–H and O–H groups in total. The lowest BCUT2D eigenvalue weighted by Gasteiger charge is -2.25. The van der Waals surface area contributed by atoms with E-state index in [9.17, 15) is 13.2 Å². The van der Waals surface area contributed by atoms with Crippen LogP contribution >= 0.6 is 11.3 Å². The minimum atomic E-state index is -3.49. The van der Waals surface area contributed by atoms with Crippen molar-refractivity contribution in [2.45, 2.75) is 17.7 Å². The average Bonchev–Trinajstić information content (AvgIpc) is 3.23. The predicted molar refractivity (Wildman–Crippen MR) is 88.5 cm³/mol. The minimum Gasteiger partial charge on any atom is -0.459 e. The summed E-state index contributed by atoms with van der Waals surface area (Å²) < 4.78 is 37.1. The summed E-state index contributed by atoms with van der Waals surface area (Å²) in [5.74, 6) is -0.0452. The summed E-state index contributed by atoms with van der Waals surface area (Å²) in [4.78, 5) is 12.8. The number of thiophene rings is 1. The van der Waals surface area contributed by atoms with Gasteiger partial charge in [-0.15, -0.1) is 11.3 Å². The smallest absolute Gasteiger partial charge is 0.287 e. The van der Waals surface area contributed by atoms with Crippen LogP contribution < -0.4 is 5.32 Å². The molecule has 2 aromatic heterocycles. The van der Waals surface area contributed by atoms with Crippen LogP contribution in [0.25, 0.3) is 0 Å². The molecule has 2 aromatic rings. The van der Waals surface area contributed by atoms with Gasteiger partial charge in [0, 0.05) is 23.5 Å². The molecule has 1 aliphatic heterocycles. The van der Waals surface area contributed by atoms with Crippen molar-refractivity contribution in [2.75, 3.05) is 26.3 Å². The normalized spacial score (nSPS) is 16.2. The van der Waals surface area contributed by atoms with E-state index in [0.29, 0.717) is 26.3 Å². The van der Waals surface area contributed by atoms with Gasteiger partial charge in [0.05, 0.1) is 26.0 Å². The lowest BCUT2D eigenvalue weighted by atomic mass is 10.2. The Morgan fingerprint density at radius 2 is 2.04 bits per heavy atom. The van der Waals surface area contributed by atoms with Crippen molar-refractivity contribution < 1.29 is 22.4 Å². The first-order valence-electron chi connectivity index (χ1n) is 7.47. The fourth-order valence-electron chi connectivity index (χ4n) is 2.36. The van der Waals surface area contributed by atoms with E-state index in [1.807, 2.05) is 0 Å². The standard InChI is InChI=1S/C15H18N2O5S2/c1-11-4-7-22-14(11)15(18)16-10-12-2-3-13(23-12)24(19,20)17-5-8-21-9-6-17/h2-4,7H,5-6,8-10H2,1H3,(H,16,18). The second-order valence-electron chi connectivity index (χ2n) is 5.35. The molecule has 1 aliphatic rings. The molecule has 130 valence electrons. The first-order chi connectivity index (χ1) is 11.5. The molecule has 0 unspecified atom stereocenters. The van der Waals surface area contributed by atoms with Crippen molar-refractivity contribution in [1.29, 1.82) is 0 Å². The molecule has 0 spiro atoms. The Bertz CT molecular complexity index is 819. The number of aryl methyl sites for hydroxylation is 1. The Morgan fingerprint density at radius 1 is 1.29 bits per heavy atom. The SMILES string of the molecule is Cc1ccoc1C(=O)NCc1ccc(S(=O)(=O)N2CCOCC2)s1. The number of hydrogen-bond acceptors (Lipinski definition) is 6. The Hall–Kier alpha value is -1.68. The Kier molecular flexibility index (Phi) is 5.04. The van der Waals surface area contributed by atoms with E-state index < -0.39 is 10.0 Å². The number of carbonyl (C=O) groups excluding carboxylic acids is 1. The third-order valence-electron chi connectivity index (χ3n) is 3.69. The quantitative estimate of drug-likeness (QED) is 0.864. The maximum atomic E-state index is 12.5. The summed E-state index contributed by atoms with van der Waals surface area (Å²) in [5, 5.41) is 2.74. The number of sulfonamides is 1. The van der Waals surface area contributed by atoms with E-state index in [1.54, 1.807) is 25.1 Å². The van der Waals surface area contributed by atoms with E-state index >= 15 is 0 Å². The van der Waals surface area contributed by atoms with Crippen LogP contribution in [0.3, 0.4) is 0 Å². The van der Waals surface area contributed by atoms with Gasteiger partial charge in [-0.2, -0.15) is 4.31 Å². The first-order valence-corrected chi connectivity index (χ1v) is 9.73. The number of rotatable bonds is 5. The number of carbonyl (C=O) groups is 1. The van der Waals surface area contributed by atoms with Crippen LogP contribution in [0.4, 0.5) is 0 Å². The highest BCUT2D eigenvalue weighted by Gasteiger charge is 2.27.